The average molecular weight is 212 g/mol. The maximum Gasteiger partial charge on any atom is 0.0409 e. The lowest BCUT2D eigenvalue weighted by atomic mass is 9.85. The van der Waals surface area contributed by atoms with E-state index in [1.54, 1.807) is 0 Å². The summed E-state index contributed by atoms with van der Waals surface area (Å²) in [6.07, 6.45) is 2.82. The van der Waals surface area contributed by atoms with E-state index in [4.69, 9.17) is 0 Å². The first-order chi connectivity index (χ1) is 7.61. The first-order valence-corrected chi connectivity index (χ1v) is 5.73. The highest BCUT2D eigenvalue weighted by atomic mass is 14.7. The Morgan fingerprint density at radius 3 is 2.00 bits per heavy atom. The summed E-state index contributed by atoms with van der Waals surface area (Å²) in [5.41, 5.74) is 1.15. The normalized spacial score (nSPS) is 22.0. The standard InChI is InChI=1S/C15H18N/c1-10-11(2)13(4)15(12(10)3)9-14-7-5-6-8-16-14/h5-8H,9H2,1-4H3. The molecule has 5 radical (unpaired) electrons. The molecule has 0 spiro atoms. The van der Waals surface area contributed by atoms with Gasteiger partial charge >= 0.3 is 0 Å². The summed E-state index contributed by atoms with van der Waals surface area (Å²) in [6, 6.07) is 6.11. The fraction of sp³-hybridized carbons (Fsp3) is 0.333. The van der Waals surface area contributed by atoms with Gasteiger partial charge in [-0.1, -0.05) is 33.8 Å². The van der Waals surface area contributed by atoms with Crippen molar-refractivity contribution in [3.05, 3.63) is 59.7 Å². The second-order valence-electron chi connectivity index (χ2n) is 4.48. The van der Waals surface area contributed by atoms with Gasteiger partial charge in [0, 0.05) is 11.9 Å². The van der Waals surface area contributed by atoms with Crippen molar-refractivity contribution in [1.82, 2.24) is 4.98 Å². The van der Waals surface area contributed by atoms with Gasteiger partial charge in [-0.15, -0.1) is 0 Å². The molecule has 1 aromatic heterocycles. The van der Waals surface area contributed by atoms with Crippen LogP contribution in [-0.4, -0.2) is 4.98 Å². The van der Waals surface area contributed by atoms with Crippen molar-refractivity contribution < 1.29 is 0 Å². The van der Waals surface area contributed by atoms with Gasteiger partial charge in [0.1, 0.15) is 0 Å². The average Bonchev–Trinajstić information content (AvgIpc) is 2.48. The summed E-state index contributed by atoms with van der Waals surface area (Å²) in [5.74, 6) is 7.18. The van der Waals surface area contributed by atoms with Gasteiger partial charge in [0.2, 0.25) is 0 Å². The van der Waals surface area contributed by atoms with E-state index in [1.807, 2.05) is 12.3 Å². The lowest BCUT2D eigenvalue weighted by Gasteiger charge is -2.18. The Balaban J connectivity index is 2.11. The zero-order valence-corrected chi connectivity index (χ0v) is 10.5. The van der Waals surface area contributed by atoms with E-state index in [-0.39, 0.29) is 0 Å². The van der Waals surface area contributed by atoms with Crippen LogP contribution in [0.25, 0.3) is 0 Å². The molecule has 16 heavy (non-hydrogen) atoms. The van der Waals surface area contributed by atoms with Gasteiger partial charge in [-0.2, -0.15) is 0 Å². The van der Waals surface area contributed by atoms with Crippen LogP contribution >= 0.6 is 0 Å². The molecule has 83 valence electrons. The molecule has 0 bridgehead atoms. The van der Waals surface area contributed by atoms with E-state index in [1.165, 1.54) is 29.6 Å². The Bertz CT molecular complexity index is 319. The molecular formula is C15H18N. The van der Waals surface area contributed by atoms with Crippen molar-refractivity contribution in [2.45, 2.75) is 34.1 Å². The lowest BCUT2D eigenvalue weighted by Crippen LogP contribution is -2.11. The molecule has 0 aromatic carbocycles. The minimum atomic E-state index is 0.952. The van der Waals surface area contributed by atoms with Gasteiger partial charge in [0.05, 0.1) is 0 Å². The molecule has 1 nitrogen and oxygen atoms in total. The highest BCUT2D eigenvalue weighted by Gasteiger charge is 2.43. The van der Waals surface area contributed by atoms with Crippen molar-refractivity contribution in [3.8, 4) is 0 Å². The summed E-state index contributed by atoms with van der Waals surface area (Å²) >= 11 is 0. The zero-order chi connectivity index (χ0) is 11.7. The number of hydrogen-bond donors (Lipinski definition) is 0. The third-order valence-electron chi connectivity index (χ3n) is 3.68. The van der Waals surface area contributed by atoms with Crippen molar-refractivity contribution in [2.24, 2.45) is 0 Å². The number of aromatic nitrogens is 1. The Morgan fingerprint density at radius 2 is 1.50 bits per heavy atom. The molecule has 0 saturated heterocycles. The molecule has 2 rings (SSSR count). The van der Waals surface area contributed by atoms with Gasteiger partial charge < -0.3 is 0 Å². The van der Waals surface area contributed by atoms with Gasteiger partial charge in [-0.25, -0.2) is 0 Å². The molecule has 1 fully saturated rings. The third-order valence-corrected chi connectivity index (χ3v) is 3.68. The summed E-state index contributed by atoms with van der Waals surface area (Å²) < 4.78 is 0. The summed E-state index contributed by atoms with van der Waals surface area (Å²) in [6.45, 7) is 8.85. The first-order valence-electron chi connectivity index (χ1n) is 5.73. The fourth-order valence-corrected chi connectivity index (χ4v) is 2.25. The SMILES string of the molecule is C[C]1[C](C)[C](C)[C](Cc2ccccn2)[C]1C. The highest BCUT2D eigenvalue weighted by Crippen LogP contribution is 2.53. The predicted octanol–water partition coefficient (Wildman–Crippen LogP) is 3.59. The maximum atomic E-state index is 4.40. The summed E-state index contributed by atoms with van der Waals surface area (Å²) in [5, 5.41) is 0. The fourth-order valence-electron chi connectivity index (χ4n) is 2.25. The molecule has 0 unspecified atom stereocenters. The quantitative estimate of drug-likeness (QED) is 0.730. The molecule has 0 N–H and O–H groups in total. The van der Waals surface area contributed by atoms with E-state index >= 15 is 0 Å². The minimum Gasteiger partial charge on any atom is -0.261 e. The lowest BCUT2D eigenvalue weighted by molar-refractivity contribution is 0.861. The molecule has 1 aliphatic rings. The van der Waals surface area contributed by atoms with Crippen molar-refractivity contribution in [2.75, 3.05) is 0 Å². The Kier molecular flexibility index (Phi) is 3.32. The molecule has 1 aliphatic carbocycles. The van der Waals surface area contributed by atoms with Crippen LogP contribution in [0.3, 0.4) is 0 Å². The van der Waals surface area contributed by atoms with E-state index < -0.39 is 0 Å². The van der Waals surface area contributed by atoms with Crippen molar-refractivity contribution >= 4 is 0 Å². The third kappa shape index (κ3) is 2.00. The largest absolute Gasteiger partial charge is 0.261 e. The van der Waals surface area contributed by atoms with Gasteiger partial charge in [0.15, 0.2) is 0 Å². The smallest absolute Gasteiger partial charge is 0.0409 e. The van der Waals surface area contributed by atoms with Crippen LogP contribution in [0, 0.1) is 29.6 Å². The zero-order valence-electron chi connectivity index (χ0n) is 10.5. The molecule has 0 amide bonds. The molecule has 1 heterocycles. The van der Waals surface area contributed by atoms with E-state index in [0.29, 0.717) is 0 Å². The van der Waals surface area contributed by atoms with Crippen LogP contribution in [0.4, 0.5) is 0 Å². The highest BCUT2D eigenvalue weighted by molar-refractivity contribution is 5.59. The van der Waals surface area contributed by atoms with Crippen LogP contribution in [0.2, 0.25) is 0 Å². The van der Waals surface area contributed by atoms with Crippen LogP contribution < -0.4 is 0 Å². The second kappa shape index (κ2) is 4.57. The van der Waals surface area contributed by atoms with E-state index in [0.717, 1.165) is 12.1 Å². The van der Waals surface area contributed by atoms with Crippen LogP contribution in [0.5, 0.6) is 0 Å². The molecule has 1 heteroatoms. The summed E-state index contributed by atoms with van der Waals surface area (Å²) in [7, 11) is 0. The number of rotatable bonds is 2. The molecule has 1 aromatic rings. The maximum absolute atomic E-state index is 4.40. The van der Waals surface area contributed by atoms with Gasteiger partial charge in [0.25, 0.3) is 0 Å². The van der Waals surface area contributed by atoms with Crippen LogP contribution in [-0.2, 0) is 6.42 Å². The Morgan fingerprint density at radius 1 is 0.875 bits per heavy atom. The molecule has 0 atom stereocenters. The van der Waals surface area contributed by atoms with Crippen molar-refractivity contribution in [1.29, 1.82) is 0 Å². The Labute approximate surface area is 99.3 Å². The van der Waals surface area contributed by atoms with E-state index in [2.05, 4.69) is 44.8 Å². The monoisotopic (exact) mass is 212 g/mol. The molecular weight excluding hydrogens is 194 g/mol. The van der Waals surface area contributed by atoms with Gasteiger partial charge in [-0.3, -0.25) is 4.98 Å². The predicted molar refractivity (Wildman–Crippen MR) is 66.9 cm³/mol. The van der Waals surface area contributed by atoms with Crippen LogP contribution in [0.1, 0.15) is 33.4 Å². The van der Waals surface area contributed by atoms with Gasteiger partial charge in [-0.05, 0) is 48.1 Å². The molecule has 1 saturated carbocycles. The summed E-state index contributed by atoms with van der Waals surface area (Å²) in [4.78, 5) is 4.40. The van der Waals surface area contributed by atoms with E-state index in [9.17, 15) is 0 Å². The number of nitrogens with zero attached hydrogens (tertiary/aromatic N) is 1. The second-order valence-corrected chi connectivity index (χ2v) is 4.48. The number of hydrogen-bond acceptors (Lipinski definition) is 1. The Hall–Kier alpha value is -0.850. The van der Waals surface area contributed by atoms with Crippen LogP contribution in [0.15, 0.2) is 24.4 Å². The number of pyridine rings is 1. The topological polar surface area (TPSA) is 12.9 Å². The first kappa shape index (κ1) is 11.6. The van der Waals surface area contributed by atoms with Crippen molar-refractivity contribution in [3.63, 3.8) is 0 Å². The molecule has 0 aliphatic heterocycles. The minimum absolute atomic E-state index is 0.952.